The number of aryl methyl sites for hydroxylation is 3. The van der Waals surface area contributed by atoms with E-state index < -0.39 is 0 Å². The molecule has 9 nitrogen and oxygen atoms in total. The van der Waals surface area contributed by atoms with E-state index in [1.807, 2.05) is 44.2 Å². The number of amides is 1. The Morgan fingerprint density at radius 2 is 1.85 bits per heavy atom. The number of benzene rings is 1. The number of likely N-dealkylation sites (N-methyl/N-ethyl adjacent to an activating group) is 1. The van der Waals surface area contributed by atoms with Crippen molar-refractivity contribution in [3.63, 3.8) is 0 Å². The number of carbonyl (C=O) groups is 1. The molecule has 3 heterocycles. The lowest BCUT2D eigenvalue weighted by molar-refractivity contribution is -0.121. The number of hydrogen-bond acceptors (Lipinski definition) is 6. The fourth-order valence-electron chi connectivity index (χ4n) is 4.44. The highest BCUT2D eigenvalue weighted by molar-refractivity contribution is 5.77. The average molecular weight is 466 g/mol. The standard InChI is InChI=1S/C25H35N7O2/c1-4-31-24-23(19(2)28-32(24)20-9-6-5-7-10-20)27-21(25(31)34)11-12-22(33)26-13-8-14-30-17-15-29(3)16-18-30/h5-7,9-10H,4,8,11-18H2,1-3H3,(H,26,33). The first-order chi connectivity index (χ1) is 16.5. The Kier molecular flexibility index (Phi) is 7.74. The number of aromatic nitrogens is 4. The van der Waals surface area contributed by atoms with Crippen LogP contribution < -0.4 is 10.9 Å². The molecule has 34 heavy (non-hydrogen) atoms. The predicted molar refractivity (Wildman–Crippen MR) is 133 cm³/mol. The summed E-state index contributed by atoms with van der Waals surface area (Å²) in [7, 11) is 2.15. The maximum atomic E-state index is 13.2. The van der Waals surface area contributed by atoms with Crippen LogP contribution in [0.2, 0.25) is 0 Å². The monoisotopic (exact) mass is 465 g/mol. The summed E-state index contributed by atoms with van der Waals surface area (Å²) in [5.41, 5.74) is 3.29. The maximum Gasteiger partial charge on any atom is 0.273 e. The summed E-state index contributed by atoms with van der Waals surface area (Å²) in [5.74, 6) is -0.0422. The molecule has 0 aliphatic carbocycles. The second-order valence-electron chi connectivity index (χ2n) is 8.96. The molecule has 1 amide bonds. The van der Waals surface area contributed by atoms with Crippen LogP contribution in [0.3, 0.4) is 0 Å². The summed E-state index contributed by atoms with van der Waals surface area (Å²) in [6.45, 7) is 10.4. The molecule has 0 atom stereocenters. The molecule has 1 fully saturated rings. The van der Waals surface area contributed by atoms with Crippen LogP contribution in [0.25, 0.3) is 16.9 Å². The summed E-state index contributed by atoms with van der Waals surface area (Å²) < 4.78 is 3.48. The number of carbonyl (C=O) groups excluding carboxylic acids is 1. The number of rotatable bonds is 9. The van der Waals surface area contributed by atoms with Crippen molar-refractivity contribution in [1.82, 2.24) is 34.4 Å². The lowest BCUT2D eigenvalue weighted by Crippen LogP contribution is -2.45. The molecule has 1 saturated heterocycles. The van der Waals surface area contributed by atoms with Gasteiger partial charge in [-0.05, 0) is 46.0 Å². The van der Waals surface area contributed by atoms with Gasteiger partial charge in [0, 0.05) is 52.1 Å². The molecule has 1 aliphatic heterocycles. The average Bonchev–Trinajstić information content (AvgIpc) is 3.18. The van der Waals surface area contributed by atoms with Crippen LogP contribution in [0, 0.1) is 6.92 Å². The van der Waals surface area contributed by atoms with Crippen molar-refractivity contribution < 1.29 is 4.79 Å². The molecule has 2 aromatic heterocycles. The fourth-order valence-corrected chi connectivity index (χ4v) is 4.44. The molecule has 3 aromatic rings. The second-order valence-corrected chi connectivity index (χ2v) is 8.96. The van der Waals surface area contributed by atoms with E-state index in [1.165, 1.54) is 0 Å². The van der Waals surface area contributed by atoms with Gasteiger partial charge >= 0.3 is 0 Å². The van der Waals surface area contributed by atoms with Crippen LogP contribution in [-0.4, -0.2) is 81.4 Å². The van der Waals surface area contributed by atoms with Crippen molar-refractivity contribution >= 4 is 17.1 Å². The highest BCUT2D eigenvalue weighted by Gasteiger charge is 2.19. The highest BCUT2D eigenvalue weighted by atomic mass is 16.1. The van der Waals surface area contributed by atoms with Crippen LogP contribution in [0.5, 0.6) is 0 Å². The van der Waals surface area contributed by atoms with E-state index in [0.717, 1.165) is 50.5 Å². The molecule has 0 spiro atoms. The quantitative estimate of drug-likeness (QED) is 0.483. The molecule has 1 aliphatic rings. The van der Waals surface area contributed by atoms with Crippen LogP contribution in [0.15, 0.2) is 35.1 Å². The summed E-state index contributed by atoms with van der Waals surface area (Å²) in [6.07, 6.45) is 1.49. The number of para-hydroxylation sites is 1. The summed E-state index contributed by atoms with van der Waals surface area (Å²) >= 11 is 0. The SMILES string of the molecule is CCn1c(=O)c(CCC(=O)NCCCN2CCN(C)CC2)nc2c(C)nn(-c3ccccc3)c21. The van der Waals surface area contributed by atoms with Gasteiger partial charge in [0.1, 0.15) is 11.2 Å². The van der Waals surface area contributed by atoms with E-state index in [9.17, 15) is 9.59 Å². The van der Waals surface area contributed by atoms with Gasteiger partial charge in [-0.2, -0.15) is 5.10 Å². The molecule has 9 heteroatoms. The van der Waals surface area contributed by atoms with E-state index in [0.29, 0.717) is 36.4 Å². The zero-order valence-electron chi connectivity index (χ0n) is 20.5. The lowest BCUT2D eigenvalue weighted by Gasteiger charge is -2.32. The Morgan fingerprint density at radius 1 is 1.12 bits per heavy atom. The maximum absolute atomic E-state index is 13.2. The summed E-state index contributed by atoms with van der Waals surface area (Å²) in [5, 5.41) is 7.64. The molecule has 0 radical (unpaired) electrons. The normalized spacial score (nSPS) is 15.1. The first kappa shape index (κ1) is 24.1. The first-order valence-corrected chi connectivity index (χ1v) is 12.2. The van der Waals surface area contributed by atoms with Gasteiger partial charge in [-0.25, -0.2) is 9.67 Å². The van der Waals surface area contributed by atoms with E-state index >= 15 is 0 Å². The Balaban J connectivity index is 1.39. The first-order valence-electron chi connectivity index (χ1n) is 12.2. The third-order valence-electron chi connectivity index (χ3n) is 6.47. The minimum absolute atomic E-state index is 0.0422. The molecule has 0 saturated carbocycles. The van der Waals surface area contributed by atoms with Gasteiger partial charge in [0.15, 0.2) is 5.65 Å². The number of fused-ring (bicyclic) bond motifs is 1. The van der Waals surface area contributed by atoms with Crippen molar-refractivity contribution in [3.8, 4) is 5.69 Å². The fraction of sp³-hybridized carbons (Fsp3) is 0.520. The molecule has 0 unspecified atom stereocenters. The minimum Gasteiger partial charge on any atom is -0.356 e. The summed E-state index contributed by atoms with van der Waals surface area (Å²) in [4.78, 5) is 35.0. The van der Waals surface area contributed by atoms with Gasteiger partial charge in [0.25, 0.3) is 5.56 Å². The third-order valence-corrected chi connectivity index (χ3v) is 6.47. The second kappa shape index (κ2) is 10.9. The van der Waals surface area contributed by atoms with E-state index in [4.69, 9.17) is 0 Å². The van der Waals surface area contributed by atoms with Crippen LogP contribution in [0.1, 0.15) is 31.2 Å². The smallest absolute Gasteiger partial charge is 0.273 e. The number of nitrogens with one attached hydrogen (secondary N) is 1. The molecule has 4 rings (SSSR count). The van der Waals surface area contributed by atoms with Crippen molar-refractivity contribution in [2.75, 3.05) is 46.3 Å². The molecule has 0 bridgehead atoms. The number of nitrogens with zero attached hydrogens (tertiary/aromatic N) is 6. The van der Waals surface area contributed by atoms with Gasteiger partial charge < -0.3 is 15.1 Å². The molecule has 1 N–H and O–H groups in total. The number of piperazine rings is 1. The van der Waals surface area contributed by atoms with Crippen LogP contribution >= 0.6 is 0 Å². The van der Waals surface area contributed by atoms with Crippen molar-refractivity contribution in [2.45, 2.75) is 39.7 Å². The Morgan fingerprint density at radius 3 is 2.56 bits per heavy atom. The van der Waals surface area contributed by atoms with E-state index in [1.54, 1.807) is 9.25 Å². The largest absolute Gasteiger partial charge is 0.356 e. The van der Waals surface area contributed by atoms with Crippen LogP contribution in [0.4, 0.5) is 0 Å². The zero-order valence-corrected chi connectivity index (χ0v) is 20.5. The van der Waals surface area contributed by atoms with Gasteiger partial charge in [0.2, 0.25) is 5.91 Å². The van der Waals surface area contributed by atoms with Gasteiger partial charge in [-0.1, -0.05) is 18.2 Å². The van der Waals surface area contributed by atoms with Crippen molar-refractivity contribution in [1.29, 1.82) is 0 Å². The summed E-state index contributed by atoms with van der Waals surface area (Å²) in [6, 6.07) is 9.75. The lowest BCUT2D eigenvalue weighted by atomic mass is 10.2. The molecular weight excluding hydrogens is 430 g/mol. The van der Waals surface area contributed by atoms with Gasteiger partial charge in [-0.15, -0.1) is 0 Å². The molecule has 1 aromatic carbocycles. The van der Waals surface area contributed by atoms with E-state index in [-0.39, 0.29) is 17.9 Å². The molecule has 182 valence electrons. The topological polar surface area (TPSA) is 88.3 Å². The Bertz CT molecular complexity index is 1180. The van der Waals surface area contributed by atoms with E-state index in [2.05, 4.69) is 32.2 Å². The third kappa shape index (κ3) is 5.37. The number of hydrogen-bond donors (Lipinski definition) is 1. The minimum atomic E-state index is -0.157. The van der Waals surface area contributed by atoms with Crippen LogP contribution in [-0.2, 0) is 17.8 Å². The van der Waals surface area contributed by atoms with Crippen molar-refractivity contribution in [3.05, 3.63) is 52.1 Å². The highest BCUT2D eigenvalue weighted by Crippen LogP contribution is 2.19. The van der Waals surface area contributed by atoms with Crippen molar-refractivity contribution in [2.24, 2.45) is 0 Å². The Hall–Kier alpha value is -3.04. The molecular formula is C25H35N7O2. The Labute approximate surface area is 200 Å². The van der Waals surface area contributed by atoms with Gasteiger partial charge in [0.05, 0.1) is 11.4 Å². The van der Waals surface area contributed by atoms with Gasteiger partial charge in [-0.3, -0.25) is 14.2 Å². The predicted octanol–water partition coefficient (Wildman–Crippen LogP) is 1.60. The zero-order chi connectivity index (χ0) is 24.1.